The van der Waals surface area contributed by atoms with Gasteiger partial charge in [-0.25, -0.2) is 0 Å². The van der Waals surface area contributed by atoms with Crippen LogP contribution in [0.2, 0.25) is 0 Å². The van der Waals surface area contributed by atoms with Crippen LogP contribution in [0.3, 0.4) is 0 Å². The van der Waals surface area contributed by atoms with E-state index in [0.29, 0.717) is 67.8 Å². The first-order chi connectivity index (χ1) is 18.5. The van der Waals surface area contributed by atoms with Gasteiger partial charge in [0.15, 0.2) is 17.3 Å². The third-order valence-electron chi connectivity index (χ3n) is 6.83. The van der Waals surface area contributed by atoms with Gasteiger partial charge in [0.2, 0.25) is 5.91 Å². The van der Waals surface area contributed by atoms with Gasteiger partial charge >= 0.3 is 0 Å². The monoisotopic (exact) mass is 526 g/mol. The maximum atomic E-state index is 12.9. The SMILES string of the molecule is COCCOc1ccc(C(=O)CCCC(=O)N[C@H](CN2CCCC2)[C@H](O)c2ccc3c(c2)OCCO3)cc1. The largest absolute Gasteiger partial charge is 0.491 e. The van der Waals surface area contributed by atoms with E-state index >= 15 is 0 Å². The number of hydrogen-bond acceptors (Lipinski definition) is 8. The molecule has 0 aliphatic carbocycles. The van der Waals surface area contributed by atoms with E-state index in [1.807, 2.05) is 6.07 Å². The lowest BCUT2D eigenvalue weighted by molar-refractivity contribution is -0.123. The minimum absolute atomic E-state index is 0.0221. The van der Waals surface area contributed by atoms with Gasteiger partial charge in [0.1, 0.15) is 31.7 Å². The number of carbonyl (C=O) groups excluding carboxylic acids is 2. The van der Waals surface area contributed by atoms with Crippen LogP contribution in [-0.2, 0) is 9.53 Å². The van der Waals surface area contributed by atoms with E-state index in [4.69, 9.17) is 18.9 Å². The number of aliphatic hydroxyl groups is 1. The third-order valence-corrected chi connectivity index (χ3v) is 6.83. The Balaban J connectivity index is 1.29. The average Bonchev–Trinajstić information content (AvgIpc) is 3.45. The number of benzene rings is 2. The first-order valence-corrected chi connectivity index (χ1v) is 13.4. The minimum Gasteiger partial charge on any atom is -0.491 e. The van der Waals surface area contributed by atoms with Gasteiger partial charge in [-0.15, -0.1) is 0 Å². The number of carbonyl (C=O) groups is 2. The smallest absolute Gasteiger partial charge is 0.220 e. The molecule has 2 aromatic carbocycles. The van der Waals surface area contributed by atoms with Crippen molar-refractivity contribution < 1.29 is 33.6 Å². The van der Waals surface area contributed by atoms with Crippen molar-refractivity contribution >= 4 is 11.7 Å². The summed E-state index contributed by atoms with van der Waals surface area (Å²) in [5, 5.41) is 14.3. The summed E-state index contributed by atoms with van der Waals surface area (Å²) in [7, 11) is 1.61. The Morgan fingerprint density at radius 1 is 1.00 bits per heavy atom. The first-order valence-electron chi connectivity index (χ1n) is 13.4. The molecule has 206 valence electrons. The molecule has 0 spiro atoms. The van der Waals surface area contributed by atoms with Crippen molar-refractivity contribution in [3.8, 4) is 17.2 Å². The molecule has 0 bridgehead atoms. The number of ether oxygens (including phenoxy) is 4. The van der Waals surface area contributed by atoms with Crippen molar-refractivity contribution in [3.05, 3.63) is 53.6 Å². The molecule has 1 fully saturated rings. The summed E-state index contributed by atoms with van der Waals surface area (Å²) in [6, 6.07) is 11.9. The normalized spacial score (nSPS) is 16.6. The number of Topliss-reactive ketones (excluding diaryl/α,β-unsaturated/α-hetero) is 1. The number of nitrogens with zero attached hydrogens (tertiary/aromatic N) is 1. The number of amides is 1. The van der Waals surface area contributed by atoms with Gasteiger partial charge in [-0.2, -0.15) is 0 Å². The van der Waals surface area contributed by atoms with Gasteiger partial charge in [-0.3, -0.25) is 9.59 Å². The summed E-state index contributed by atoms with van der Waals surface area (Å²) >= 11 is 0. The maximum absolute atomic E-state index is 12.9. The number of nitrogens with one attached hydrogen (secondary N) is 1. The van der Waals surface area contributed by atoms with Crippen molar-refractivity contribution in [3.63, 3.8) is 0 Å². The van der Waals surface area contributed by atoms with E-state index < -0.39 is 12.1 Å². The molecule has 1 saturated heterocycles. The van der Waals surface area contributed by atoms with Crippen molar-refractivity contribution in [1.29, 1.82) is 0 Å². The van der Waals surface area contributed by atoms with Gasteiger partial charge in [0.25, 0.3) is 0 Å². The molecule has 0 saturated carbocycles. The Hall–Kier alpha value is -3.14. The molecular formula is C29H38N2O7. The Morgan fingerprint density at radius 2 is 1.74 bits per heavy atom. The lowest BCUT2D eigenvalue weighted by Crippen LogP contribution is -2.46. The standard InChI is InChI=1S/C29H38N2O7/c1-35-15-16-36-23-10-7-21(8-11-23)25(32)5-4-6-28(33)30-24(20-31-13-2-3-14-31)29(34)22-9-12-26-27(19-22)38-18-17-37-26/h7-12,19,24,29,34H,2-6,13-18,20H2,1H3,(H,30,33)/t24-,29-/m1/s1. The highest BCUT2D eigenvalue weighted by Gasteiger charge is 2.28. The first kappa shape index (κ1) is 27.9. The van der Waals surface area contributed by atoms with Crippen molar-refractivity contribution in [2.75, 3.05) is 53.2 Å². The van der Waals surface area contributed by atoms with Crippen LogP contribution in [0.15, 0.2) is 42.5 Å². The van der Waals surface area contributed by atoms with E-state index in [1.54, 1.807) is 43.5 Å². The molecule has 38 heavy (non-hydrogen) atoms. The summed E-state index contributed by atoms with van der Waals surface area (Å²) in [6.45, 7) is 4.36. The zero-order valence-electron chi connectivity index (χ0n) is 22.0. The lowest BCUT2D eigenvalue weighted by atomic mass is 10.00. The molecule has 0 radical (unpaired) electrons. The summed E-state index contributed by atoms with van der Waals surface area (Å²) < 4.78 is 21.8. The second-order valence-electron chi connectivity index (χ2n) is 9.67. The predicted molar refractivity (Wildman–Crippen MR) is 142 cm³/mol. The lowest BCUT2D eigenvalue weighted by Gasteiger charge is -2.29. The zero-order chi connectivity index (χ0) is 26.7. The van der Waals surface area contributed by atoms with E-state index in [0.717, 1.165) is 25.9 Å². The quantitative estimate of drug-likeness (QED) is 0.286. The number of likely N-dealkylation sites (tertiary alicyclic amines) is 1. The predicted octanol–water partition coefficient (Wildman–Crippen LogP) is 3.15. The molecule has 2 heterocycles. The van der Waals surface area contributed by atoms with E-state index in [2.05, 4.69) is 10.2 Å². The number of fused-ring (bicyclic) bond motifs is 1. The molecule has 2 aliphatic heterocycles. The highest BCUT2D eigenvalue weighted by Crippen LogP contribution is 2.33. The molecule has 1 amide bonds. The van der Waals surface area contributed by atoms with Gasteiger partial charge in [0.05, 0.1) is 12.6 Å². The van der Waals surface area contributed by atoms with Crippen LogP contribution >= 0.6 is 0 Å². The van der Waals surface area contributed by atoms with Crippen molar-refractivity contribution in [2.45, 2.75) is 44.2 Å². The second-order valence-corrected chi connectivity index (χ2v) is 9.67. The second kappa shape index (κ2) is 14.1. The summed E-state index contributed by atoms with van der Waals surface area (Å²) in [6.07, 6.45) is 2.22. The zero-order valence-corrected chi connectivity index (χ0v) is 22.0. The highest BCUT2D eigenvalue weighted by atomic mass is 16.6. The van der Waals surface area contributed by atoms with Crippen LogP contribution in [0, 0.1) is 0 Å². The number of methoxy groups -OCH3 is 1. The number of ketones is 1. The Kier molecular flexibility index (Phi) is 10.4. The van der Waals surface area contributed by atoms with Crippen LogP contribution in [0.1, 0.15) is 54.1 Å². The fraction of sp³-hybridized carbons (Fsp3) is 0.517. The van der Waals surface area contributed by atoms with E-state index in [1.165, 1.54) is 0 Å². The van der Waals surface area contributed by atoms with Crippen LogP contribution in [-0.4, -0.2) is 80.9 Å². The van der Waals surface area contributed by atoms with Crippen molar-refractivity contribution in [2.24, 2.45) is 0 Å². The molecule has 0 aromatic heterocycles. The van der Waals surface area contributed by atoms with Crippen LogP contribution in [0.5, 0.6) is 17.2 Å². The summed E-state index contributed by atoms with van der Waals surface area (Å²) in [5.74, 6) is 1.74. The molecule has 2 N–H and O–H groups in total. The molecule has 2 aliphatic rings. The minimum atomic E-state index is -0.901. The van der Waals surface area contributed by atoms with E-state index in [-0.39, 0.29) is 24.5 Å². The molecule has 9 heteroatoms. The van der Waals surface area contributed by atoms with Crippen LogP contribution in [0.25, 0.3) is 0 Å². The molecule has 9 nitrogen and oxygen atoms in total. The fourth-order valence-corrected chi connectivity index (χ4v) is 4.76. The van der Waals surface area contributed by atoms with Gasteiger partial charge in [0, 0.05) is 32.1 Å². The van der Waals surface area contributed by atoms with Crippen LogP contribution in [0.4, 0.5) is 0 Å². The fourth-order valence-electron chi connectivity index (χ4n) is 4.76. The number of hydrogen-bond donors (Lipinski definition) is 2. The summed E-state index contributed by atoms with van der Waals surface area (Å²) in [4.78, 5) is 27.7. The third kappa shape index (κ3) is 7.93. The molecule has 2 aromatic rings. The molecule has 2 atom stereocenters. The van der Waals surface area contributed by atoms with E-state index in [9.17, 15) is 14.7 Å². The Morgan fingerprint density at radius 3 is 2.47 bits per heavy atom. The Labute approximate surface area is 224 Å². The molecule has 4 rings (SSSR count). The van der Waals surface area contributed by atoms with Gasteiger partial charge in [-0.1, -0.05) is 6.07 Å². The van der Waals surface area contributed by atoms with Gasteiger partial charge < -0.3 is 34.3 Å². The van der Waals surface area contributed by atoms with Crippen molar-refractivity contribution in [1.82, 2.24) is 10.2 Å². The highest BCUT2D eigenvalue weighted by molar-refractivity contribution is 5.96. The average molecular weight is 527 g/mol. The molecular weight excluding hydrogens is 488 g/mol. The Bertz CT molecular complexity index is 1050. The van der Waals surface area contributed by atoms with Gasteiger partial charge in [-0.05, 0) is 74.3 Å². The summed E-state index contributed by atoms with van der Waals surface area (Å²) in [5.41, 5.74) is 1.26. The number of rotatable bonds is 14. The topological polar surface area (TPSA) is 107 Å². The maximum Gasteiger partial charge on any atom is 0.220 e. The number of aliphatic hydroxyl groups excluding tert-OH is 1. The van der Waals surface area contributed by atoms with Crippen LogP contribution < -0.4 is 19.5 Å². The molecule has 0 unspecified atom stereocenters.